The molecule has 2 atom stereocenters. The van der Waals surface area contributed by atoms with E-state index in [1.54, 1.807) is 24.6 Å². The second kappa shape index (κ2) is 12.2. The molecule has 2 aliphatic rings. The van der Waals surface area contributed by atoms with Crippen molar-refractivity contribution < 1.29 is 19.2 Å². The van der Waals surface area contributed by atoms with Crippen LogP contribution in [0.15, 0.2) is 68.8 Å². The molecule has 0 aromatic carbocycles. The third kappa shape index (κ3) is 7.30. The summed E-state index contributed by atoms with van der Waals surface area (Å²) in [7, 11) is 0. The van der Waals surface area contributed by atoms with Crippen LogP contribution in [-0.2, 0) is 0 Å². The van der Waals surface area contributed by atoms with E-state index in [-0.39, 0.29) is 23.4 Å². The van der Waals surface area contributed by atoms with Crippen molar-refractivity contribution in [3.05, 3.63) is 68.6 Å². The summed E-state index contributed by atoms with van der Waals surface area (Å²) in [5.41, 5.74) is 5.60. The Bertz CT molecular complexity index is 1140. The maximum Gasteiger partial charge on any atom is 0.337 e. The molecular weight excluding hydrogens is 500 g/mol. The quantitative estimate of drug-likeness (QED) is 0.306. The molecule has 4 rings (SSSR count). The molecule has 2 aliphatic heterocycles. The van der Waals surface area contributed by atoms with E-state index < -0.39 is 12.1 Å². The van der Waals surface area contributed by atoms with Gasteiger partial charge in [0.2, 0.25) is 0 Å². The Morgan fingerprint density at radius 3 is 1.58 bits per heavy atom. The van der Waals surface area contributed by atoms with Gasteiger partial charge < -0.3 is 10.6 Å². The van der Waals surface area contributed by atoms with Gasteiger partial charge >= 0.3 is 12.1 Å². The zero-order valence-corrected chi connectivity index (χ0v) is 20.7. The molecule has 186 valence electrons. The number of ketones is 2. The lowest BCUT2D eigenvalue weighted by Gasteiger charge is -2.19. The van der Waals surface area contributed by atoms with Crippen molar-refractivity contribution in [2.24, 2.45) is 21.8 Å². The highest BCUT2D eigenvalue weighted by molar-refractivity contribution is 7.12. The first kappa shape index (κ1) is 25.2. The predicted molar refractivity (Wildman–Crippen MR) is 139 cm³/mol. The molecule has 0 radical (unpaired) electrons. The fourth-order valence-corrected chi connectivity index (χ4v) is 5.07. The number of urea groups is 2. The van der Waals surface area contributed by atoms with E-state index in [2.05, 4.69) is 31.5 Å². The van der Waals surface area contributed by atoms with Crippen molar-refractivity contribution in [3.63, 3.8) is 0 Å². The van der Waals surface area contributed by atoms with Crippen LogP contribution in [0.2, 0.25) is 0 Å². The van der Waals surface area contributed by atoms with Crippen LogP contribution in [0.25, 0.3) is 0 Å². The number of rotatable bonds is 8. The zero-order chi connectivity index (χ0) is 25.3. The first-order valence-corrected chi connectivity index (χ1v) is 12.9. The van der Waals surface area contributed by atoms with E-state index >= 15 is 0 Å². The van der Waals surface area contributed by atoms with Gasteiger partial charge in [-0.05, 0) is 35.7 Å². The standard InChI is InChI=1S/C24H24N6O4S2/c31-19(21-3-1-5-35-21)9-15-7-17(13-25-11-15)27-23(33)29-30-24(34)28-18-8-16(12-26-14-18)10-20(32)22-4-2-6-36-22/h1-6,11-16H,7-10H2,(H2,27,29,33)(H2,28,30,34). The summed E-state index contributed by atoms with van der Waals surface area (Å²) < 4.78 is 0. The molecule has 4 heterocycles. The van der Waals surface area contributed by atoms with Gasteiger partial charge in [-0.3, -0.25) is 19.6 Å². The Hall–Kier alpha value is -3.90. The molecule has 0 spiro atoms. The van der Waals surface area contributed by atoms with Crippen molar-refractivity contribution >= 4 is 58.7 Å². The average molecular weight is 525 g/mol. The van der Waals surface area contributed by atoms with E-state index in [1.807, 2.05) is 22.9 Å². The Morgan fingerprint density at radius 1 is 0.750 bits per heavy atom. The second-order valence-electron chi connectivity index (χ2n) is 8.20. The molecule has 10 nitrogen and oxygen atoms in total. The van der Waals surface area contributed by atoms with Crippen molar-refractivity contribution in [2.45, 2.75) is 25.7 Å². The number of carbonyl (C=O) groups excluding carboxylic acids is 4. The minimum atomic E-state index is -0.646. The first-order valence-electron chi connectivity index (χ1n) is 11.2. The lowest BCUT2D eigenvalue weighted by atomic mass is 9.96. The molecule has 0 fully saturated rings. The number of hydrogen-bond acceptors (Lipinski definition) is 8. The maximum atomic E-state index is 12.3. The van der Waals surface area contributed by atoms with Gasteiger partial charge in [0, 0.05) is 60.9 Å². The molecule has 2 aromatic rings. The van der Waals surface area contributed by atoms with Crippen LogP contribution in [-0.4, -0.2) is 36.1 Å². The normalized spacial score (nSPS) is 18.6. The monoisotopic (exact) mass is 524 g/mol. The Morgan fingerprint density at radius 2 is 1.19 bits per heavy atom. The third-order valence-corrected chi connectivity index (χ3v) is 7.17. The Labute approximate surface area is 215 Å². The maximum absolute atomic E-state index is 12.3. The molecule has 4 N–H and O–H groups in total. The Balaban J connectivity index is 1.16. The predicted octanol–water partition coefficient (Wildman–Crippen LogP) is 4.03. The van der Waals surface area contributed by atoms with Gasteiger partial charge in [-0.15, -0.1) is 22.7 Å². The summed E-state index contributed by atoms with van der Waals surface area (Å²) in [6.07, 6.45) is 7.88. The van der Waals surface area contributed by atoms with Crippen LogP contribution in [0.4, 0.5) is 9.59 Å². The summed E-state index contributed by atoms with van der Waals surface area (Å²) in [4.78, 5) is 58.7. The number of allylic oxidation sites excluding steroid dienone is 2. The third-order valence-electron chi connectivity index (χ3n) is 5.34. The largest absolute Gasteiger partial charge is 0.337 e. The number of amides is 4. The number of hydrogen-bond donors (Lipinski definition) is 4. The van der Waals surface area contributed by atoms with Gasteiger partial charge in [-0.1, -0.05) is 12.1 Å². The molecule has 0 aliphatic carbocycles. The fraction of sp³-hybridized carbons (Fsp3) is 0.250. The fourth-order valence-electron chi connectivity index (χ4n) is 3.72. The molecule has 36 heavy (non-hydrogen) atoms. The van der Waals surface area contributed by atoms with Gasteiger partial charge in [-0.25, -0.2) is 20.4 Å². The number of Topliss-reactive ketones (excluding diaryl/α,β-unsaturated/α-hetero) is 2. The van der Waals surface area contributed by atoms with Crippen molar-refractivity contribution in [1.82, 2.24) is 21.5 Å². The van der Waals surface area contributed by atoms with Gasteiger partial charge in [0.05, 0.1) is 9.75 Å². The molecule has 0 saturated heterocycles. The van der Waals surface area contributed by atoms with Crippen LogP contribution in [0.1, 0.15) is 45.0 Å². The number of nitrogens with zero attached hydrogens (tertiary/aromatic N) is 2. The highest BCUT2D eigenvalue weighted by Gasteiger charge is 2.21. The summed E-state index contributed by atoms with van der Waals surface area (Å²) in [6.45, 7) is 0. The molecule has 2 unspecified atom stereocenters. The van der Waals surface area contributed by atoms with Crippen LogP contribution in [0.3, 0.4) is 0 Å². The summed E-state index contributed by atoms with van der Waals surface area (Å²) in [6, 6.07) is 5.94. The Kier molecular flexibility index (Phi) is 8.53. The van der Waals surface area contributed by atoms with Gasteiger partial charge in [0.25, 0.3) is 0 Å². The number of thiophene rings is 2. The van der Waals surface area contributed by atoms with Crippen LogP contribution in [0, 0.1) is 11.8 Å². The smallest absolute Gasteiger partial charge is 0.309 e. The van der Waals surface area contributed by atoms with Crippen LogP contribution in [0.5, 0.6) is 0 Å². The van der Waals surface area contributed by atoms with Gasteiger partial charge in [0.15, 0.2) is 11.6 Å². The van der Waals surface area contributed by atoms with Crippen molar-refractivity contribution in [2.75, 3.05) is 0 Å². The molecule has 12 heteroatoms. The first-order chi connectivity index (χ1) is 17.5. The number of carbonyl (C=O) groups is 4. The number of hydrazine groups is 1. The SMILES string of the molecule is O=C(NNC(=O)NC1=CN=CC(CC(=O)c2cccs2)C1)NC1=CN=CC(CC(=O)c2cccs2)C1. The molecule has 2 aromatic heterocycles. The van der Waals surface area contributed by atoms with E-state index in [0.717, 1.165) is 0 Å². The highest BCUT2D eigenvalue weighted by atomic mass is 32.1. The number of aliphatic imine (C=N–C) groups is 2. The summed E-state index contributed by atoms with van der Waals surface area (Å²) in [5, 5.41) is 8.97. The number of nitrogens with one attached hydrogen (secondary N) is 4. The lowest BCUT2D eigenvalue weighted by molar-refractivity contribution is 0.0968. The molecular formula is C24H24N6O4S2. The average Bonchev–Trinajstić information content (AvgIpc) is 3.58. The topological polar surface area (TPSA) is 141 Å². The van der Waals surface area contributed by atoms with Crippen LogP contribution < -0.4 is 21.5 Å². The van der Waals surface area contributed by atoms with Crippen molar-refractivity contribution in [3.8, 4) is 0 Å². The van der Waals surface area contributed by atoms with Crippen molar-refractivity contribution in [1.29, 1.82) is 0 Å². The highest BCUT2D eigenvalue weighted by Crippen LogP contribution is 2.22. The van der Waals surface area contributed by atoms with E-state index in [9.17, 15) is 19.2 Å². The second-order valence-corrected chi connectivity index (χ2v) is 10.1. The minimum Gasteiger partial charge on any atom is -0.309 e. The zero-order valence-electron chi connectivity index (χ0n) is 19.1. The minimum absolute atomic E-state index is 0.0324. The van der Waals surface area contributed by atoms with Crippen LogP contribution >= 0.6 is 22.7 Å². The lowest BCUT2D eigenvalue weighted by Crippen LogP contribution is -2.50. The molecule has 4 amide bonds. The van der Waals surface area contributed by atoms with Gasteiger partial charge in [-0.2, -0.15) is 0 Å². The molecule has 0 bridgehead atoms. The summed E-state index contributed by atoms with van der Waals surface area (Å²) >= 11 is 2.79. The van der Waals surface area contributed by atoms with Gasteiger partial charge in [0.1, 0.15) is 0 Å². The van der Waals surface area contributed by atoms with E-state index in [1.165, 1.54) is 35.1 Å². The summed E-state index contributed by atoms with van der Waals surface area (Å²) in [5.74, 6) is -0.195. The molecule has 0 saturated carbocycles. The van der Waals surface area contributed by atoms with E-state index in [4.69, 9.17) is 0 Å². The van der Waals surface area contributed by atoms with E-state index in [0.29, 0.717) is 46.8 Å².